The number of fused-ring (bicyclic) bond motifs is 1. The molecule has 1 amide bonds. The van der Waals surface area contributed by atoms with Gasteiger partial charge in [0, 0.05) is 36.8 Å². The van der Waals surface area contributed by atoms with Crippen molar-refractivity contribution in [3.05, 3.63) is 101 Å². The van der Waals surface area contributed by atoms with E-state index in [1.54, 1.807) is 23.2 Å². The van der Waals surface area contributed by atoms with Crippen molar-refractivity contribution in [2.24, 2.45) is 0 Å². The van der Waals surface area contributed by atoms with Crippen LogP contribution >= 0.6 is 0 Å². The predicted octanol–water partition coefficient (Wildman–Crippen LogP) is 7.20. The van der Waals surface area contributed by atoms with Crippen LogP contribution in [0.2, 0.25) is 0 Å². The fraction of sp³-hybridized carbons (Fsp3) is 0.333. The van der Waals surface area contributed by atoms with Crippen molar-refractivity contribution in [3.8, 4) is 5.88 Å². The molecule has 3 heterocycles. The molecular weight excluding hydrogens is 569 g/mol. The van der Waals surface area contributed by atoms with E-state index in [4.69, 9.17) is 9.47 Å². The Hall–Kier alpha value is -3.93. The number of hydrogen-bond donors (Lipinski definition) is 0. The summed E-state index contributed by atoms with van der Waals surface area (Å²) in [7, 11) is 1.47. The van der Waals surface area contributed by atoms with E-state index in [-0.39, 0.29) is 24.1 Å². The Balaban J connectivity index is 1.48. The topological polar surface area (TPSA) is 51.7 Å². The van der Waals surface area contributed by atoms with Gasteiger partial charge in [0.1, 0.15) is 5.82 Å². The molecule has 2 aliphatic heterocycles. The van der Waals surface area contributed by atoms with Crippen molar-refractivity contribution in [2.75, 3.05) is 13.7 Å². The fourth-order valence-electron chi connectivity index (χ4n) is 5.59. The summed E-state index contributed by atoms with van der Waals surface area (Å²) in [6.07, 6.45) is -8.64. The lowest BCUT2D eigenvalue weighted by atomic mass is 9.84. The second-order valence-electron chi connectivity index (χ2n) is 10.3. The second-order valence-corrected chi connectivity index (χ2v) is 10.3. The highest BCUT2D eigenvalue weighted by Crippen LogP contribution is 2.45. The largest absolute Gasteiger partial charge is 0.481 e. The molecule has 0 N–H and O–H groups in total. The number of carbonyl (C=O) groups excluding carboxylic acids is 1. The van der Waals surface area contributed by atoms with Gasteiger partial charge in [0.05, 0.1) is 30.4 Å². The quantitative estimate of drug-likeness (QED) is 0.284. The molecule has 1 saturated heterocycles. The summed E-state index contributed by atoms with van der Waals surface area (Å²) in [6, 6.07) is 9.82. The number of alkyl halides is 6. The zero-order valence-corrected chi connectivity index (χ0v) is 22.3. The highest BCUT2D eigenvalue weighted by molar-refractivity contribution is 5.97. The van der Waals surface area contributed by atoms with Crippen LogP contribution in [0.4, 0.5) is 30.7 Å². The number of pyridine rings is 1. The highest BCUT2D eigenvalue weighted by Gasteiger charge is 2.48. The third kappa shape index (κ3) is 5.99. The number of amides is 1. The van der Waals surface area contributed by atoms with Crippen LogP contribution in [-0.4, -0.2) is 41.6 Å². The maximum absolute atomic E-state index is 13.8. The number of methoxy groups -OCH3 is 1. The van der Waals surface area contributed by atoms with E-state index in [1.165, 1.54) is 44.4 Å². The molecule has 0 spiro atoms. The van der Waals surface area contributed by atoms with Gasteiger partial charge in [-0.15, -0.1) is 0 Å². The third-order valence-corrected chi connectivity index (χ3v) is 7.63. The molecule has 12 heteroatoms. The molecule has 4 atom stereocenters. The van der Waals surface area contributed by atoms with Gasteiger partial charge in [-0.25, -0.2) is 9.37 Å². The molecule has 0 bridgehead atoms. The van der Waals surface area contributed by atoms with Crippen LogP contribution < -0.4 is 4.74 Å². The van der Waals surface area contributed by atoms with Gasteiger partial charge < -0.3 is 14.4 Å². The zero-order chi connectivity index (χ0) is 30.4. The monoisotopic (exact) mass is 594 g/mol. The Labute approximate surface area is 236 Å². The minimum Gasteiger partial charge on any atom is -0.481 e. The Kier molecular flexibility index (Phi) is 7.78. The first-order valence-corrected chi connectivity index (χ1v) is 13.0. The highest BCUT2D eigenvalue weighted by atomic mass is 19.4. The van der Waals surface area contributed by atoms with Crippen molar-refractivity contribution in [1.29, 1.82) is 0 Å². The average Bonchev–Trinajstić information content (AvgIpc) is 3.30. The van der Waals surface area contributed by atoms with Gasteiger partial charge >= 0.3 is 12.4 Å². The smallest absolute Gasteiger partial charge is 0.416 e. The Morgan fingerprint density at radius 3 is 2.14 bits per heavy atom. The number of aromatic nitrogens is 1. The molecule has 2 unspecified atom stereocenters. The Morgan fingerprint density at radius 2 is 1.60 bits per heavy atom. The first kappa shape index (κ1) is 29.6. The molecule has 5 nitrogen and oxygen atoms in total. The summed E-state index contributed by atoms with van der Waals surface area (Å²) >= 11 is 0. The van der Waals surface area contributed by atoms with Crippen molar-refractivity contribution in [2.45, 2.75) is 49.9 Å². The van der Waals surface area contributed by atoms with Crippen molar-refractivity contribution >= 4 is 11.5 Å². The van der Waals surface area contributed by atoms with Gasteiger partial charge in [0.15, 0.2) is 0 Å². The summed E-state index contributed by atoms with van der Waals surface area (Å²) < 4.78 is 106. The molecule has 1 aromatic heterocycles. The van der Waals surface area contributed by atoms with Gasteiger partial charge in [0.2, 0.25) is 11.8 Å². The lowest BCUT2D eigenvalue weighted by Gasteiger charge is -2.32. The molecule has 0 radical (unpaired) electrons. The van der Waals surface area contributed by atoms with Gasteiger partial charge in [-0.3, -0.25) is 4.79 Å². The van der Waals surface area contributed by atoms with Gasteiger partial charge in [-0.1, -0.05) is 12.1 Å². The number of rotatable bonds is 6. The van der Waals surface area contributed by atoms with Crippen molar-refractivity contribution in [1.82, 2.24) is 9.88 Å². The summed E-state index contributed by atoms with van der Waals surface area (Å²) in [5.74, 6) is -0.993. The number of nitrogens with zero attached hydrogens (tertiary/aromatic N) is 2. The Bertz CT molecular complexity index is 1450. The van der Waals surface area contributed by atoms with E-state index >= 15 is 0 Å². The maximum Gasteiger partial charge on any atom is 0.416 e. The van der Waals surface area contributed by atoms with Crippen molar-refractivity contribution in [3.63, 3.8) is 0 Å². The number of ether oxygens (including phenoxy) is 2. The molecule has 42 heavy (non-hydrogen) atoms. The van der Waals surface area contributed by atoms with E-state index in [0.717, 1.165) is 0 Å². The SMILES string of the molecule is COc1ccc(C2=CC(=O)N3C[C@H](O[C@H](C)c4cc(C(F)(F)F)cc(C(F)(F)F)c4)C(c4ccc(F)cc4)C3C2)cn1. The number of hydrogen-bond acceptors (Lipinski definition) is 4. The average molecular weight is 595 g/mol. The van der Waals surface area contributed by atoms with Crippen LogP contribution in [0.5, 0.6) is 5.88 Å². The molecule has 1 fully saturated rings. The number of carbonyl (C=O) groups is 1. The Morgan fingerprint density at radius 1 is 0.952 bits per heavy atom. The normalized spacial score (nSPS) is 21.6. The van der Waals surface area contributed by atoms with Gasteiger partial charge in [-0.2, -0.15) is 26.3 Å². The van der Waals surface area contributed by atoms with Crippen LogP contribution in [0.15, 0.2) is 66.9 Å². The summed E-state index contributed by atoms with van der Waals surface area (Å²) in [4.78, 5) is 19.0. The molecular formula is C30H25F7N2O3. The van der Waals surface area contributed by atoms with E-state index < -0.39 is 53.5 Å². The molecule has 5 rings (SSSR count). The van der Waals surface area contributed by atoms with E-state index in [1.807, 2.05) is 0 Å². The number of halogens is 7. The molecule has 0 aliphatic carbocycles. The maximum atomic E-state index is 13.8. The van der Waals surface area contributed by atoms with Gasteiger partial charge in [0.25, 0.3) is 0 Å². The van der Waals surface area contributed by atoms with Crippen LogP contribution in [0.3, 0.4) is 0 Å². The van der Waals surface area contributed by atoms with Crippen LogP contribution in [0.25, 0.3) is 5.57 Å². The predicted molar refractivity (Wildman–Crippen MR) is 138 cm³/mol. The number of benzene rings is 2. The van der Waals surface area contributed by atoms with Gasteiger partial charge in [-0.05, 0) is 72.0 Å². The van der Waals surface area contributed by atoms with E-state index in [9.17, 15) is 35.5 Å². The molecule has 3 aromatic rings. The van der Waals surface area contributed by atoms with E-state index in [2.05, 4.69) is 4.98 Å². The minimum absolute atomic E-state index is 0.0333. The molecule has 0 saturated carbocycles. The molecule has 2 aromatic carbocycles. The lowest BCUT2D eigenvalue weighted by molar-refractivity contribution is -0.143. The van der Waals surface area contributed by atoms with Crippen LogP contribution in [0, 0.1) is 5.82 Å². The first-order valence-electron chi connectivity index (χ1n) is 13.0. The van der Waals surface area contributed by atoms with Crippen molar-refractivity contribution < 1.29 is 45.0 Å². The summed E-state index contributed by atoms with van der Waals surface area (Å²) in [5, 5.41) is 0. The lowest BCUT2D eigenvalue weighted by Crippen LogP contribution is -2.39. The fourth-order valence-corrected chi connectivity index (χ4v) is 5.59. The third-order valence-electron chi connectivity index (χ3n) is 7.63. The summed E-state index contributed by atoms with van der Waals surface area (Å²) in [5.41, 5.74) is -1.22. The van der Waals surface area contributed by atoms with E-state index in [0.29, 0.717) is 41.1 Å². The standard InChI is InChI=1S/C30H25F7N2O3/c1-16(19-9-21(29(32,33)34)13-22(10-19)30(35,36)37)42-25-15-39-24(28(25)17-3-6-23(31)7-4-17)11-20(12-27(39)40)18-5-8-26(41-2)38-14-18/h3-10,12-14,16,24-25,28H,11,15H2,1-2H3/t16-,24?,25+,28?/m1/s1. The first-order chi connectivity index (χ1) is 19.7. The molecule has 222 valence electrons. The van der Waals surface area contributed by atoms with Crippen LogP contribution in [-0.2, 0) is 21.9 Å². The summed E-state index contributed by atoms with van der Waals surface area (Å²) in [6.45, 7) is 1.40. The van der Waals surface area contributed by atoms with Crippen LogP contribution in [0.1, 0.15) is 53.2 Å². The zero-order valence-electron chi connectivity index (χ0n) is 22.3. The minimum atomic E-state index is -5.01. The second kappa shape index (κ2) is 11.0. The molecule has 2 aliphatic rings.